The van der Waals surface area contributed by atoms with Gasteiger partial charge >= 0.3 is 28.0 Å². The van der Waals surface area contributed by atoms with Crippen molar-refractivity contribution in [2.24, 2.45) is 0 Å². The van der Waals surface area contributed by atoms with Gasteiger partial charge in [-0.1, -0.05) is 47.1 Å². The van der Waals surface area contributed by atoms with Crippen LogP contribution in [0.4, 0.5) is 0 Å². The monoisotopic (exact) mass is 814 g/mol. The molecular weight excluding hydrogens is 781 g/mol. The minimum absolute atomic E-state index is 0. The van der Waals surface area contributed by atoms with E-state index in [4.69, 9.17) is 53.5 Å². The van der Waals surface area contributed by atoms with Crippen LogP contribution in [0.25, 0.3) is 32.4 Å². The summed E-state index contributed by atoms with van der Waals surface area (Å²) in [6.45, 7) is 8.11. The summed E-state index contributed by atoms with van der Waals surface area (Å²) < 4.78 is 26.4. The standard InChI is InChI=1S/C38H33N4O3P.CH2Cl2.Pd/c1-5-44-46(43,45-6-2)38-34-21-19-32(41-34)36(26-11-7-24(3)8-12-26)30-17-15-28(39-30)23-29-16-18-31(40-29)37(33-20-22-35(38)42-33)27-13-9-25(4)10-14-27;2-1-3;/h7-23H,5-6H2,1-4H3;1H2;/q-2;;+2. The summed E-state index contributed by atoms with van der Waals surface area (Å²) in [6.07, 6.45) is 17.6. The molecule has 0 N–H and O–H groups in total. The van der Waals surface area contributed by atoms with Crippen LogP contribution in [0, 0.1) is 38.4 Å². The van der Waals surface area contributed by atoms with Crippen LogP contribution in [-0.2, 0) is 34.0 Å². The van der Waals surface area contributed by atoms with E-state index in [0.29, 0.717) is 28.4 Å². The quantitative estimate of drug-likeness (QED) is 0.121. The van der Waals surface area contributed by atoms with Gasteiger partial charge in [0.15, 0.2) is 0 Å². The van der Waals surface area contributed by atoms with Crippen LogP contribution in [0.15, 0.2) is 131 Å². The first-order valence-electron chi connectivity index (χ1n) is 15.9. The Morgan fingerprint density at radius 3 is 2.02 bits per heavy atom. The van der Waals surface area contributed by atoms with E-state index in [0.717, 1.165) is 56.9 Å². The summed E-state index contributed by atoms with van der Waals surface area (Å²) in [5.41, 5.74) is 9.41. The molecule has 2 aromatic carbocycles. The summed E-state index contributed by atoms with van der Waals surface area (Å²) in [4.78, 5) is 0. The third-order valence-corrected chi connectivity index (χ3v) is 10.2. The maximum atomic E-state index is 14.6. The molecule has 0 radical (unpaired) electrons. The number of fused-ring (bicyclic) bond motifs is 8. The maximum absolute atomic E-state index is 14.6. The molecule has 5 aliphatic rings. The fourth-order valence-corrected chi connectivity index (χ4v) is 7.65. The zero-order valence-corrected chi connectivity index (χ0v) is 31.9. The summed E-state index contributed by atoms with van der Waals surface area (Å²) in [5, 5.41) is 20.7. The first kappa shape index (κ1) is 37.7. The zero-order valence-electron chi connectivity index (χ0n) is 28.0. The van der Waals surface area contributed by atoms with E-state index in [-0.39, 0.29) is 39.0 Å². The second-order valence-corrected chi connectivity index (χ2v) is 14.1. The van der Waals surface area contributed by atoms with Crippen molar-refractivity contribution in [3.63, 3.8) is 0 Å². The average Bonchev–Trinajstić information content (AvgIpc) is 3.91. The van der Waals surface area contributed by atoms with Crippen molar-refractivity contribution in [1.29, 1.82) is 0 Å². The first-order valence-corrected chi connectivity index (χ1v) is 18.6. The molecule has 0 spiro atoms. The molecule has 0 unspecified atom stereocenters. The Hall–Kier alpha value is -3.57. The number of allylic oxidation sites excluding steroid dienone is 5. The average molecular weight is 816 g/mol. The number of rotatable bonds is 7. The van der Waals surface area contributed by atoms with Gasteiger partial charge in [0.25, 0.3) is 0 Å². The number of nitrogens with zero attached hydrogens (tertiary/aromatic N) is 4. The molecule has 7 nitrogen and oxygen atoms in total. The van der Waals surface area contributed by atoms with Gasteiger partial charge in [-0.15, -0.1) is 35.3 Å². The van der Waals surface area contributed by atoms with Gasteiger partial charge in [-0.25, -0.2) is 5.70 Å². The fourth-order valence-electron chi connectivity index (χ4n) is 5.83. The Kier molecular flexibility index (Phi) is 12.5. The van der Waals surface area contributed by atoms with Crippen molar-refractivity contribution in [3.05, 3.63) is 199 Å². The third-order valence-electron chi connectivity index (χ3n) is 7.96. The van der Waals surface area contributed by atoms with E-state index < -0.39 is 7.60 Å². The molecule has 0 saturated heterocycles. The van der Waals surface area contributed by atoms with E-state index in [1.54, 1.807) is 13.8 Å². The molecule has 0 saturated carbocycles. The predicted octanol–water partition coefficient (Wildman–Crippen LogP) is 12.1. The van der Waals surface area contributed by atoms with E-state index in [1.165, 1.54) is 0 Å². The van der Waals surface area contributed by atoms with Crippen molar-refractivity contribution < 1.29 is 34.0 Å². The largest absolute Gasteiger partial charge is 2.00 e. The van der Waals surface area contributed by atoms with Gasteiger partial charge in [0.1, 0.15) is 0 Å². The SMILES string of the molecule is CCOP(=O)(OCC)C1=C2[CH-]C=C([N-]2)C(c2ccc(C)cc2)=C2C=C[C+](C=C3C=C[C+]([N-]3)C(c3ccc(C)cc3)=C3C=C[C+]1[N-]3)[N-]2.ClCCl.[Pd+2]. The van der Waals surface area contributed by atoms with Crippen LogP contribution in [0.2, 0.25) is 0 Å². The minimum Gasteiger partial charge on any atom is -0.676 e. The van der Waals surface area contributed by atoms with Crippen LogP contribution in [-0.4, -0.2) is 18.6 Å². The van der Waals surface area contributed by atoms with Crippen molar-refractivity contribution >= 4 is 41.9 Å². The van der Waals surface area contributed by atoms with Gasteiger partial charge < -0.3 is 30.3 Å². The molecule has 0 aliphatic carbocycles. The fraction of sp³-hybridized carbons (Fsp3) is 0.179. The van der Waals surface area contributed by atoms with Gasteiger partial charge in [-0.3, -0.25) is 4.57 Å². The molecule has 0 atom stereocenters. The second-order valence-electron chi connectivity index (χ2n) is 11.4. The number of benzene rings is 2. The molecular formula is C39H35Cl2N4O3PPd. The summed E-state index contributed by atoms with van der Waals surface area (Å²) in [5.74, 6) is 0. The second kappa shape index (κ2) is 16.6. The number of aryl methyl sites for hydroxylation is 2. The molecule has 8 bridgehead atoms. The topological polar surface area (TPSA) is 91.9 Å². The molecule has 5 aliphatic heterocycles. The number of hydrogen-bond donors (Lipinski definition) is 0. The Balaban J connectivity index is 0.00000117. The Labute approximate surface area is 319 Å². The molecule has 7 rings (SSSR count). The van der Waals surface area contributed by atoms with Gasteiger partial charge in [0.05, 0.1) is 41.1 Å². The van der Waals surface area contributed by atoms with Gasteiger partial charge in [-0.2, -0.15) is 6.08 Å². The van der Waals surface area contributed by atoms with E-state index in [2.05, 4.69) is 62.4 Å². The molecule has 50 heavy (non-hydrogen) atoms. The zero-order chi connectivity index (χ0) is 34.5. The van der Waals surface area contributed by atoms with Gasteiger partial charge in [0.2, 0.25) is 0 Å². The van der Waals surface area contributed by atoms with E-state index in [1.807, 2.05) is 55.0 Å². The maximum Gasteiger partial charge on any atom is 2.00 e. The van der Waals surface area contributed by atoms with Crippen LogP contribution in [0.3, 0.4) is 0 Å². The predicted molar refractivity (Wildman–Crippen MR) is 202 cm³/mol. The van der Waals surface area contributed by atoms with Crippen LogP contribution < -0.4 is 0 Å². The van der Waals surface area contributed by atoms with E-state index >= 15 is 0 Å². The van der Waals surface area contributed by atoms with Crippen LogP contribution >= 0.6 is 30.8 Å². The Bertz CT molecular complexity index is 1870. The Morgan fingerprint density at radius 2 is 1.38 bits per heavy atom. The molecule has 0 amide bonds. The molecule has 11 heteroatoms. The molecule has 0 fully saturated rings. The van der Waals surface area contributed by atoms with Crippen molar-refractivity contribution in [2.45, 2.75) is 27.7 Å². The molecule has 2 aromatic rings. The normalized spacial score (nSPS) is 17.4. The first-order chi connectivity index (χ1) is 23.8. The molecule has 0 aromatic heterocycles. The van der Waals surface area contributed by atoms with Gasteiger partial charge in [0, 0.05) is 47.9 Å². The smallest absolute Gasteiger partial charge is 0.676 e. The number of hydrogen-bond acceptors (Lipinski definition) is 3. The summed E-state index contributed by atoms with van der Waals surface area (Å²) >= 11 is 9.53. The van der Waals surface area contributed by atoms with Crippen LogP contribution in [0.1, 0.15) is 36.1 Å². The minimum atomic E-state index is -3.85. The van der Waals surface area contributed by atoms with Crippen molar-refractivity contribution in [1.82, 2.24) is 0 Å². The van der Waals surface area contributed by atoms with Gasteiger partial charge in [-0.05, 0) is 75.2 Å². The van der Waals surface area contributed by atoms with Crippen LogP contribution in [0.5, 0.6) is 0 Å². The molecule has 258 valence electrons. The van der Waals surface area contributed by atoms with Crippen molar-refractivity contribution in [3.8, 4) is 0 Å². The summed E-state index contributed by atoms with van der Waals surface area (Å²) in [7, 11) is -3.85. The number of halogens is 2. The molecule has 5 heterocycles. The summed E-state index contributed by atoms with van der Waals surface area (Å²) in [6, 6.07) is 18.6. The third kappa shape index (κ3) is 7.99. The van der Waals surface area contributed by atoms with E-state index in [9.17, 15) is 4.57 Å². The number of alkyl halides is 2. The Morgan fingerprint density at radius 1 is 0.780 bits per heavy atom. The van der Waals surface area contributed by atoms with Crippen molar-refractivity contribution in [2.75, 3.05) is 18.6 Å².